The lowest BCUT2D eigenvalue weighted by atomic mass is 10.1. The highest BCUT2D eigenvalue weighted by atomic mass is 16.1. The van der Waals surface area contributed by atoms with Gasteiger partial charge in [0.15, 0.2) is 11.5 Å². The van der Waals surface area contributed by atoms with Crippen molar-refractivity contribution in [1.29, 1.82) is 0 Å². The third-order valence-electron chi connectivity index (χ3n) is 4.11. The van der Waals surface area contributed by atoms with Gasteiger partial charge in [-0.3, -0.25) is 4.79 Å². The van der Waals surface area contributed by atoms with Crippen LogP contribution in [-0.4, -0.2) is 38.8 Å². The zero-order valence-electron chi connectivity index (χ0n) is 15.2. The second-order valence-corrected chi connectivity index (χ2v) is 6.26. The lowest BCUT2D eigenvalue weighted by Gasteiger charge is -2.06. The standard InChI is InChI=1S/C19H24N6O/c1-3-4-12-20-16-9-10-17-22-23-18(25(17)24-16)11-13-21-19(26)15-7-5-14(2)6-8-15/h5-10H,3-4,11-13H2,1-2H3,(H,20,24)(H,21,26). The van der Waals surface area contributed by atoms with Crippen molar-refractivity contribution in [2.24, 2.45) is 0 Å². The summed E-state index contributed by atoms with van der Waals surface area (Å²) in [5, 5.41) is 19.1. The number of unbranched alkanes of at least 4 members (excludes halogenated alkanes) is 1. The molecule has 7 heteroatoms. The largest absolute Gasteiger partial charge is 0.369 e. The fourth-order valence-corrected chi connectivity index (χ4v) is 2.57. The highest BCUT2D eigenvalue weighted by Crippen LogP contribution is 2.08. The van der Waals surface area contributed by atoms with E-state index in [9.17, 15) is 4.79 Å². The van der Waals surface area contributed by atoms with Crippen LogP contribution >= 0.6 is 0 Å². The molecular formula is C19H24N6O. The van der Waals surface area contributed by atoms with Crippen molar-refractivity contribution in [2.45, 2.75) is 33.1 Å². The van der Waals surface area contributed by atoms with Gasteiger partial charge in [0.25, 0.3) is 5.91 Å². The third-order valence-corrected chi connectivity index (χ3v) is 4.11. The van der Waals surface area contributed by atoms with Gasteiger partial charge in [-0.1, -0.05) is 31.0 Å². The van der Waals surface area contributed by atoms with Crippen LogP contribution in [0.2, 0.25) is 0 Å². The summed E-state index contributed by atoms with van der Waals surface area (Å²) < 4.78 is 1.73. The van der Waals surface area contributed by atoms with Gasteiger partial charge < -0.3 is 10.6 Å². The molecule has 26 heavy (non-hydrogen) atoms. The monoisotopic (exact) mass is 352 g/mol. The first kappa shape index (κ1) is 17.8. The molecule has 1 aromatic carbocycles. The molecular weight excluding hydrogens is 328 g/mol. The molecule has 2 heterocycles. The van der Waals surface area contributed by atoms with Crippen LogP contribution < -0.4 is 10.6 Å². The van der Waals surface area contributed by atoms with Gasteiger partial charge in [0.05, 0.1) is 0 Å². The minimum absolute atomic E-state index is 0.0892. The van der Waals surface area contributed by atoms with Crippen LogP contribution in [0.4, 0.5) is 5.82 Å². The van der Waals surface area contributed by atoms with Crippen LogP contribution in [-0.2, 0) is 6.42 Å². The summed E-state index contributed by atoms with van der Waals surface area (Å²) in [5.41, 5.74) is 2.49. The molecule has 3 rings (SSSR count). The molecule has 0 fully saturated rings. The summed E-state index contributed by atoms with van der Waals surface area (Å²) in [6.45, 7) is 5.51. The molecule has 0 bridgehead atoms. The van der Waals surface area contributed by atoms with E-state index < -0.39 is 0 Å². The van der Waals surface area contributed by atoms with Crippen LogP contribution in [0.25, 0.3) is 5.65 Å². The summed E-state index contributed by atoms with van der Waals surface area (Å²) in [6.07, 6.45) is 2.79. The number of carbonyl (C=O) groups excluding carboxylic acids is 1. The molecule has 1 amide bonds. The summed E-state index contributed by atoms with van der Waals surface area (Å²) in [7, 11) is 0. The molecule has 0 spiro atoms. The molecule has 0 aliphatic rings. The van der Waals surface area contributed by atoms with Gasteiger partial charge in [0, 0.05) is 25.1 Å². The maximum atomic E-state index is 12.2. The predicted octanol–water partition coefficient (Wildman–Crippen LogP) is 2.62. The van der Waals surface area contributed by atoms with Gasteiger partial charge in [-0.25, -0.2) is 0 Å². The van der Waals surface area contributed by atoms with E-state index in [1.54, 1.807) is 4.52 Å². The van der Waals surface area contributed by atoms with E-state index in [1.165, 1.54) is 0 Å². The van der Waals surface area contributed by atoms with E-state index in [1.807, 2.05) is 43.3 Å². The molecule has 0 saturated carbocycles. The predicted molar refractivity (Wildman–Crippen MR) is 101 cm³/mol. The number of benzene rings is 1. The molecule has 2 N–H and O–H groups in total. The van der Waals surface area contributed by atoms with E-state index in [4.69, 9.17) is 0 Å². The second kappa shape index (κ2) is 8.42. The zero-order chi connectivity index (χ0) is 18.4. The average Bonchev–Trinajstić information content (AvgIpc) is 3.05. The van der Waals surface area contributed by atoms with Crippen molar-refractivity contribution in [1.82, 2.24) is 25.1 Å². The number of aromatic nitrogens is 4. The molecule has 0 atom stereocenters. The summed E-state index contributed by atoms with van der Waals surface area (Å²) >= 11 is 0. The van der Waals surface area contributed by atoms with E-state index in [-0.39, 0.29) is 5.91 Å². The quantitative estimate of drug-likeness (QED) is 0.609. The SMILES string of the molecule is CCCCNc1ccc2nnc(CCNC(=O)c3ccc(C)cc3)n2n1. The Morgan fingerprint density at radius 1 is 1.08 bits per heavy atom. The Kier molecular flexibility index (Phi) is 5.78. The lowest BCUT2D eigenvalue weighted by molar-refractivity contribution is 0.0954. The number of aryl methyl sites for hydroxylation is 1. The van der Waals surface area contributed by atoms with Crippen molar-refractivity contribution in [3.8, 4) is 0 Å². The number of hydrogen-bond donors (Lipinski definition) is 2. The Hall–Kier alpha value is -2.96. The topological polar surface area (TPSA) is 84.2 Å². The normalized spacial score (nSPS) is 10.8. The van der Waals surface area contributed by atoms with E-state index in [0.717, 1.165) is 36.6 Å². The number of carbonyl (C=O) groups is 1. The first-order valence-corrected chi connectivity index (χ1v) is 8.97. The molecule has 0 saturated heterocycles. The van der Waals surface area contributed by atoms with E-state index in [0.29, 0.717) is 24.2 Å². The Bertz CT molecular complexity index is 871. The van der Waals surface area contributed by atoms with Gasteiger partial charge in [0.2, 0.25) is 0 Å². The van der Waals surface area contributed by atoms with Crippen LogP contribution in [0.1, 0.15) is 41.5 Å². The van der Waals surface area contributed by atoms with Crippen molar-refractivity contribution >= 4 is 17.4 Å². The minimum Gasteiger partial charge on any atom is -0.369 e. The Labute approximate surface area is 152 Å². The molecule has 136 valence electrons. The minimum atomic E-state index is -0.0892. The van der Waals surface area contributed by atoms with Crippen molar-refractivity contribution in [3.63, 3.8) is 0 Å². The molecule has 0 aliphatic carbocycles. The molecule has 3 aromatic rings. The summed E-state index contributed by atoms with van der Waals surface area (Å²) in [5.74, 6) is 1.44. The number of anilines is 1. The molecule has 0 unspecified atom stereocenters. The Morgan fingerprint density at radius 2 is 1.88 bits per heavy atom. The van der Waals surface area contributed by atoms with Gasteiger partial charge in [-0.15, -0.1) is 15.3 Å². The van der Waals surface area contributed by atoms with Gasteiger partial charge in [0.1, 0.15) is 5.82 Å². The Balaban J connectivity index is 1.60. The molecule has 0 radical (unpaired) electrons. The van der Waals surface area contributed by atoms with Gasteiger partial charge in [-0.2, -0.15) is 4.52 Å². The summed E-state index contributed by atoms with van der Waals surface area (Å²) in [4.78, 5) is 12.2. The third kappa shape index (κ3) is 4.36. The van der Waals surface area contributed by atoms with Crippen molar-refractivity contribution in [2.75, 3.05) is 18.4 Å². The van der Waals surface area contributed by atoms with Crippen molar-refractivity contribution < 1.29 is 4.79 Å². The van der Waals surface area contributed by atoms with E-state index in [2.05, 4.69) is 32.9 Å². The number of fused-ring (bicyclic) bond motifs is 1. The number of nitrogens with one attached hydrogen (secondary N) is 2. The van der Waals surface area contributed by atoms with Crippen LogP contribution in [0, 0.1) is 6.92 Å². The number of hydrogen-bond acceptors (Lipinski definition) is 5. The highest BCUT2D eigenvalue weighted by molar-refractivity contribution is 5.94. The summed E-state index contributed by atoms with van der Waals surface area (Å²) in [6, 6.07) is 11.3. The number of rotatable bonds is 8. The number of amides is 1. The molecule has 7 nitrogen and oxygen atoms in total. The second-order valence-electron chi connectivity index (χ2n) is 6.26. The Morgan fingerprint density at radius 3 is 2.65 bits per heavy atom. The van der Waals surface area contributed by atoms with E-state index >= 15 is 0 Å². The zero-order valence-corrected chi connectivity index (χ0v) is 15.2. The first-order valence-electron chi connectivity index (χ1n) is 8.97. The first-order chi connectivity index (χ1) is 12.7. The smallest absolute Gasteiger partial charge is 0.251 e. The average molecular weight is 352 g/mol. The van der Waals surface area contributed by atoms with Crippen LogP contribution in [0.5, 0.6) is 0 Å². The van der Waals surface area contributed by atoms with Gasteiger partial charge >= 0.3 is 0 Å². The maximum absolute atomic E-state index is 12.2. The van der Waals surface area contributed by atoms with Gasteiger partial charge in [-0.05, 0) is 37.6 Å². The fourth-order valence-electron chi connectivity index (χ4n) is 2.57. The lowest BCUT2D eigenvalue weighted by Crippen LogP contribution is -2.26. The highest BCUT2D eigenvalue weighted by Gasteiger charge is 2.09. The molecule has 2 aromatic heterocycles. The van der Waals surface area contributed by atoms with Crippen LogP contribution in [0.15, 0.2) is 36.4 Å². The molecule has 0 aliphatic heterocycles. The fraction of sp³-hybridized carbons (Fsp3) is 0.368. The van der Waals surface area contributed by atoms with Crippen molar-refractivity contribution in [3.05, 3.63) is 53.3 Å². The van der Waals surface area contributed by atoms with Crippen LogP contribution in [0.3, 0.4) is 0 Å². The number of nitrogens with zero attached hydrogens (tertiary/aromatic N) is 4. The maximum Gasteiger partial charge on any atom is 0.251 e.